The number of hydrogen-bond acceptors (Lipinski definition) is 2. The third kappa shape index (κ3) is 4.79. The van der Waals surface area contributed by atoms with Crippen LogP contribution in [0, 0.1) is 11.7 Å². The van der Waals surface area contributed by atoms with Crippen LogP contribution in [0.25, 0.3) is 0 Å². The number of hydrogen-bond donors (Lipinski definition) is 1. The molecule has 0 amide bonds. The summed E-state index contributed by atoms with van der Waals surface area (Å²) in [6.45, 7) is 7.15. The first kappa shape index (κ1) is 17.5. The maximum atomic E-state index is 13.8. The Labute approximate surface area is 142 Å². The van der Waals surface area contributed by atoms with E-state index in [-0.39, 0.29) is 11.9 Å². The second-order valence-electron chi connectivity index (χ2n) is 5.98. The van der Waals surface area contributed by atoms with E-state index in [1.165, 1.54) is 6.07 Å². The number of anilines is 1. The molecule has 0 saturated heterocycles. The molecule has 1 aromatic carbocycles. The van der Waals surface area contributed by atoms with E-state index in [9.17, 15) is 4.39 Å². The molecule has 0 radical (unpaired) electrons. The van der Waals surface area contributed by atoms with Crippen molar-refractivity contribution in [3.63, 3.8) is 0 Å². The first-order valence-electron chi connectivity index (χ1n) is 7.84. The second kappa shape index (κ2) is 8.11. The van der Waals surface area contributed by atoms with Gasteiger partial charge in [0.2, 0.25) is 0 Å². The molecular weight excluding hydrogens is 311 g/mol. The summed E-state index contributed by atoms with van der Waals surface area (Å²) in [6.07, 6.45) is 2.64. The van der Waals surface area contributed by atoms with Crippen molar-refractivity contribution < 1.29 is 8.81 Å². The first-order valence-corrected chi connectivity index (χ1v) is 8.25. The lowest BCUT2D eigenvalue weighted by Gasteiger charge is -2.31. The highest BCUT2D eigenvalue weighted by Gasteiger charge is 2.21. The first-order chi connectivity index (χ1) is 11.0. The minimum atomic E-state index is -0.315. The third-order valence-corrected chi connectivity index (χ3v) is 4.08. The van der Waals surface area contributed by atoms with E-state index in [4.69, 9.17) is 16.6 Å². The van der Waals surface area contributed by atoms with E-state index < -0.39 is 0 Å². The molecule has 3 nitrogen and oxygen atoms in total. The van der Waals surface area contributed by atoms with Crippen molar-refractivity contribution in [3.8, 4) is 0 Å². The maximum Gasteiger partial charge on any atom is 0.174 e. The summed E-state index contributed by atoms with van der Waals surface area (Å²) in [4.78, 5) is 2.04. The Kier molecular flexibility index (Phi) is 6.16. The molecule has 0 bridgehead atoms. The van der Waals surface area contributed by atoms with Crippen molar-refractivity contribution in [3.05, 3.63) is 54.2 Å². The summed E-state index contributed by atoms with van der Waals surface area (Å²) in [5, 5.41) is 3.52. The zero-order valence-electron chi connectivity index (χ0n) is 13.8. The molecule has 0 aliphatic rings. The number of nitrogens with zero attached hydrogens (tertiary/aromatic N) is 1. The molecule has 0 fully saturated rings. The van der Waals surface area contributed by atoms with Crippen LogP contribution >= 0.6 is 12.2 Å². The summed E-state index contributed by atoms with van der Waals surface area (Å²) in [5.41, 5.74) is 0.388. The molecule has 2 aromatic rings. The van der Waals surface area contributed by atoms with Crippen LogP contribution in [0.1, 0.15) is 39.0 Å². The lowest BCUT2D eigenvalue weighted by Crippen LogP contribution is -2.38. The van der Waals surface area contributed by atoms with Gasteiger partial charge < -0.3 is 14.6 Å². The van der Waals surface area contributed by atoms with Crippen LogP contribution in [0.4, 0.5) is 10.1 Å². The van der Waals surface area contributed by atoms with Gasteiger partial charge in [0.15, 0.2) is 5.11 Å². The summed E-state index contributed by atoms with van der Waals surface area (Å²) in [7, 11) is 0. The summed E-state index contributed by atoms with van der Waals surface area (Å²) >= 11 is 5.53. The van der Waals surface area contributed by atoms with Crippen molar-refractivity contribution in [2.45, 2.75) is 33.2 Å². The fourth-order valence-corrected chi connectivity index (χ4v) is 2.66. The Bertz CT molecular complexity index is 628. The van der Waals surface area contributed by atoms with Crippen LogP contribution in [0.15, 0.2) is 47.1 Å². The van der Waals surface area contributed by atoms with Crippen LogP contribution in [0.5, 0.6) is 0 Å². The largest absolute Gasteiger partial charge is 0.467 e. The Morgan fingerprint density at radius 3 is 2.57 bits per heavy atom. The zero-order chi connectivity index (χ0) is 16.8. The molecule has 1 aromatic heterocycles. The van der Waals surface area contributed by atoms with Crippen LogP contribution in [0.3, 0.4) is 0 Å². The second-order valence-corrected chi connectivity index (χ2v) is 6.36. The molecule has 2 rings (SSSR count). The highest BCUT2D eigenvalue weighted by Crippen LogP contribution is 2.23. The van der Waals surface area contributed by atoms with Crippen molar-refractivity contribution in [1.82, 2.24) is 4.90 Å². The smallest absolute Gasteiger partial charge is 0.174 e. The van der Waals surface area contributed by atoms with Gasteiger partial charge in [-0.25, -0.2) is 4.39 Å². The summed E-state index contributed by atoms with van der Waals surface area (Å²) in [6, 6.07) is 10.3. The average molecular weight is 334 g/mol. The van der Waals surface area contributed by atoms with Gasteiger partial charge >= 0.3 is 0 Å². The number of furan rings is 1. The highest BCUT2D eigenvalue weighted by molar-refractivity contribution is 7.80. The van der Waals surface area contributed by atoms with Crippen LogP contribution in [0.2, 0.25) is 0 Å². The van der Waals surface area contributed by atoms with Crippen molar-refractivity contribution >= 4 is 23.0 Å². The molecule has 1 heterocycles. The quantitative estimate of drug-likeness (QED) is 0.733. The Balaban J connectivity index is 2.15. The molecular formula is C18H23FN2OS. The number of nitrogens with one attached hydrogen (secondary N) is 1. The van der Waals surface area contributed by atoms with E-state index in [2.05, 4.69) is 19.2 Å². The summed E-state index contributed by atoms with van der Waals surface area (Å²) in [5.74, 6) is 1.08. The standard InChI is InChI=1S/C18H23FN2OS/c1-13(2)10-11-21(14(3)17-9-6-12-22-17)18(23)20-16-8-5-4-7-15(16)19/h4-9,12-14H,10-11H2,1-3H3,(H,20,23). The van der Waals surface area contributed by atoms with E-state index in [1.54, 1.807) is 24.5 Å². The number of benzene rings is 1. The van der Waals surface area contributed by atoms with Crippen LogP contribution < -0.4 is 5.32 Å². The average Bonchev–Trinajstić information content (AvgIpc) is 3.03. The molecule has 1 atom stereocenters. The Morgan fingerprint density at radius 1 is 1.22 bits per heavy atom. The number of halogens is 1. The third-order valence-electron chi connectivity index (χ3n) is 3.75. The molecule has 124 valence electrons. The predicted molar refractivity (Wildman–Crippen MR) is 95.9 cm³/mol. The molecule has 23 heavy (non-hydrogen) atoms. The molecule has 0 aliphatic carbocycles. The van der Waals surface area contributed by atoms with Gasteiger partial charge in [0.1, 0.15) is 11.6 Å². The van der Waals surface area contributed by atoms with Crippen molar-refractivity contribution in [1.29, 1.82) is 0 Å². The lowest BCUT2D eigenvalue weighted by atomic mass is 10.1. The van der Waals surface area contributed by atoms with E-state index >= 15 is 0 Å². The molecule has 1 N–H and O–H groups in total. The zero-order valence-corrected chi connectivity index (χ0v) is 14.6. The Hall–Kier alpha value is -1.88. The number of thiocarbonyl (C=S) groups is 1. The SMILES string of the molecule is CC(C)CCN(C(=S)Nc1ccccc1F)C(C)c1ccco1. The molecule has 1 unspecified atom stereocenters. The topological polar surface area (TPSA) is 28.4 Å². The number of para-hydroxylation sites is 1. The predicted octanol–water partition coefficient (Wildman–Crippen LogP) is 5.22. The lowest BCUT2D eigenvalue weighted by molar-refractivity contribution is 0.281. The molecule has 5 heteroatoms. The minimum Gasteiger partial charge on any atom is -0.467 e. The fraction of sp³-hybridized carbons (Fsp3) is 0.389. The van der Waals surface area contributed by atoms with Crippen LogP contribution in [-0.2, 0) is 0 Å². The van der Waals surface area contributed by atoms with Gasteiger partial charge in [-0.1, -0.05) is 26.0 Å². The number of rotatable bonds is 6. The molecule has 0 saturated carbocycles. The van der Waals surface area contributed by atoms with Gasteiger partial charge in [-0.05, 0) is 55.7 Å². The van der Waals surface area contributed by atoms with Gasteiger partial charge in [-0.2, -0.15) is 0 Å². The van der Waals surface area contributed by atoms with Gasteiger partial charge in [0.25, 0.3) is 0 Å². The van der Waals surface area contributed by atoms with E-state index in [0.717, 1.165) is 18.7 Å². The monoisotopic (exact) mass is 334 g/mol. The minimum absolute atomic E-state index is 0.0180. The van der Waals surface area contributed by atoms with E-state index in [1.807, 2.05) is 24.0 Å². The fourth-order valence-electron chi connectivity index (χ4n) is 2.30. The normalized spacial score (nSPS) is 12.2. The molecule has 0 spiro atoms. The van der Waals surface area contributed by atoms with Gasteiger partial charge in [0.05, 0.1) is 18.0 Å². The Morgan fingerprint density at radius 2 is 1.96 bits per heavy atom. The van der Waals surface area contributed by atoms with E-state index in [0.29, 0.717) is 16.7 Å². The summed E-state index contributed by atoms with van der Waals surface area (Å²) < 4.78 is 19.3. The van der Waals surface area contributed by atoms with Crippen molar-refractivity contribution in [2.75, 3.05) is 11.9 Å². The van der Waals surface area contributed by atoms with Gasteiger partial charge in [-0.15, -0.1) is 0 Å². The molecule has 0 aliphatic heterocycles. The maximum absolute atomic E-state index is 13.8. The van der Waals surface area contributed by atoms with Crippen molar-refractivity contribution in [2.24, 2.45) is 5.92 Å². The highest BCUT2D eigenvalue weighted by atomic mass is 32.1. The van der Waals surface area contributed by atoms with Gasteiger partial charge in [0, 0.05) is 6.54 Å². The van der Waals surface area contributed by atoms with Crippen LogP contribution in [-0.4, -0.2) is 16.6 Å². The van der Waals surface area contributed by atoms with Gasteiger partial charge in [-0.3, -0.25) is 0 Å².